The van der Waals surface area contributed by atoms with Crippen LogP contribution in [-0.2, 0) is 32.7 Å². The summed E-state index contributed by atoms with van der Waals surface area (Å²) in [5.74, 6) is 3.73. The van der Waals surface area contributed by atoms with Crippen LogP contribution in [-0.4, -0.2) is 105 Å². The molecule has 0 aliphatic carbocycles. The van der Waals surface area contributed by atoms with Crippen molar-refractivity contribution in [3.8, 4) is 17.2 Å². The fourth-order valence-electron chi connectivity index (χ4n) is 7.98. The number of urea groups is 3. The van der Waals surface area contributed by atoms with E-state index in [1.807, 2.05) is 89.8 Å². The summed E-state index contributed by atoms with van der Waals surface area (Å²) in [7, 11) is 2.96. The second kappa shape index (κ2) is 53.0. The number of nitrogens with two attached hydrogens (primary N) is 4. The Morgan fingerprint density at radius 2 is 0.846 bits per heavy atom. The van der Waals surface area contributed by atoms with Crippen molar-refractivity contribution in [2.75, 3.05) is 60.1 Å². The maximum atomic E-state index is 13.3. The number of benzene rings is 5. The molecule has 0 radical (unpaired) electrons. The number of ether oxygens (including phenoxy) is 3. The zero-order valence-corrected chi connectivity index (χ0v) is 76.7. The third-order valence-corrected chi connectivity index (χ3v) is 508. The maximum absolute atomic E-state index is 13.3. The molecular weight excluding hydrogens is 2410 g/mol. The minimum absolute atomic E-state index is 0. The van der Waals surface area contributed by atoms with Crippen LogP contribution < -0.4 is 53.1 Å². The van der Waals surface area contributed by atoms with Gasteiger partial charge in [-0.25, -0.2) is 23.2 Å². The molecule has 5 aromatic carbocycles. The zero-order chi connectivity index (χ0) is 67.1. The third kappa shape index (κ3) is 44.7. The Balaban J connectivity index is 0.000000593. The first-order valence-electron chi connectivity index (χ1n) is 29.0. The first-order valence-corrected chi connectivity index (χ1v) is 85.6. The van der Waals surface area contributed by atoms with Gasteiger partial charge in [0, 0.05) is 44.8 Å². The number of carbonyl (C=O) groups is 3. The summed E-state index contributed by atoms with van der Waals surface area (Å²) in [6, 6.07) is 35.8. The molecule has 0 aromatic heterocycles. The second-order valence-corrected chi connectivity index (χ2v) is 217. The van der Waals surface area contributed by atoms with E-state index >= 15 is 0 Å². The zero-order valence-electron chi connectivity index (χ0n) is 52.8. The minimum Gasteiger partial charge on any atom is -0.352 e. The second-order valence-electron chi connectivity index (χ2n) is 22.1. The molecule has 2 heterocycles. The summed E-state index contributed by atoms with van der Waals surface area (Å²) in [5, 5.41) is 9.13. The Labute approximate surface area is 633 Å². The third-order valence-electron chi connectivity index (χ3n) is 12.8. The van der Waals surface area contributed by atoms with E-state index in [0.29, 0.717) is 63.2 Å². The molecule has 2 aliphatic rings. The van der Waals surface area contributed by atoms with Crippen LogP contribution >= 0.6 is 167 Å². The van der Waals surface area contributed by atoms with Crippen molar-refractivity contribution in [3.63, 3.8) is 0 Å². The van der Waals surface area contributed by atoms with Crippen LogP contribution in [0.1, 0.15) is 95.0 Å². The fourth-order valence-corrected chi connectivity index (χ4v) is 846. The molecule has 6 amide bonds. The largest absolute Gasteiger partial charge is 0.352 e. The average Bonchev–Trinajstić information content (AvgIpc) is 3.64. The van der Waals surface area contributed by atoms with Gasteiger partial charge in [0.15, 0.2) is 0 Å². The number of hydrogen-bond acceptors (Lipinski definition) is 10. The van der Waals surface area contributed by atoms with Crippen molar-refractivity contribution >= 4 is 185 Å². The normalized spacial score (nSPS) is 13.8. The number of rotatable bonds is 23. The van der Waals surface area contributed by atoms with Crippen molar-refractivity contribution in [2.45, 2.75) is 112 Å². The average molecular weight is 2510 g/mol. The number of likely N-dealkylation sites (tertiary alicyclic amines) is 2. The van der Waals surface area contributed by atoms with Gasteiger partial charge in [-0.3, -0.25) is 0 Å². The van der Waals surface area contributed by atoms with Gasteiger partial charge in [-0.1, -0.05) is 102 Å². The molecule has 7 rings (SSSR count). The Bertz CT molecular complexity index is 2700. The van der Waals surface area contributed by atoms with E-state index in [1.54, 1.807) is 12.1 Å². The van der Waals surface area contributed by atoms with E-state index < -0.39 is 12.1 Å². The quantitative estimate of drug-likeness (QED) is 0.0306. The number of halogens is 13. The van der Waals surface area contributed by atoms with E-state index in [4.69, 9.17) is 30.5 Å². The van der Waals surface area contributed by atoms with Gasteiger partial charge in [0.05, 0.1) is 19.8 Å². The van der Waals surface area contributed by atoms with Gasteiger partial charge in [0.2, 0.25) is 0 Å². The van der Waals surface area contributed by atoms with Crippen LogP contribution in [0.25, 0.3) is 0 Å². The topological polar surface area (TPSA) is 229 Å². The molecule has 11 N–H and O–H groups in total. The summed E-state index contributed by atoms with van der Waals surface area (Å²) in [5.41, 5.74) is 24.2. The molecule has 0 spiro atoms. The summed E-state index contributed by atoms with van der Waals surface area (Å²) in [6.45, 7) is 21.9. The first-order chi connectivity index (χ1) is 42.6. The number of amides is 6. The first kappa shape index (κ1) is 90.1. The molecule has 29 heteroatoms. The van der Waals surface area contributed by atoms with Gasteiger partial charge in [0.1, 0.15) is 28.9 Å². The Morgan fingerprint density at radius 1 is 0.527 bits per heavy atom. The van der Waals surface area contributed by atoms with Crippen LogP contribution in [0.15, 0.2) is 121 Å². The predicted molar refractivity (Wildman–Crippen MR) is 472 cm³/mol. The van der Waals surface area contributed by atoms with Crippen LogP contribution in [0.2, 0.25) is 0 Å². The molecule has 0 bridgehead atoms. The Hall–Kier alpha value is 1.04. The predicted octanol–water partition coefficient (Wildman–Crippen LogP) is 19.2. The van der Waals surface area contributed by atoms with Gasteiger partial charge in [0.25, 0.3) is 0 Å². The summed E-state index contributed by atoms with van der Waals surface area (Å²) < 4.78 is 42.8. The van der Waals surface area contributed by atoms with Gasteiger partial charge >= 0.3 is 161 Å². The number of nitrogens with one attached hydrogen (secondary N) is 3. The van der Waals surface area contributed by atoms with Gasteiger partial charge in [-0.15, -0.1) is 24.0 Å². The number of carbonyl (C=O) groups excluding carboxylic acids is 3. The molecule has 0 unspecified atom stereocenters. The van der Waals surface area contributed by atoms with Crippen molar-refractivity contribution in [3.05, 3.63) is 161 Å². The number of nitrogens with zero attached hydrogens (tertiary/aromatic N) is 3. The molecule has 2 saturated heterocycles. The van der Waals surface area contributed by atoms with E-state index in [9.17, 15) is 18.4 Å². The van der Waals surface area contributed by atoms with E-state index in [-0.39, 0.29) is 79.3 Å². The fraction of sp³-hybridized carbons (Fsp3) is 0.468. The van der Waals surface area contributed by atoms with E-state index in [2.05, 4.69) is 205 Å². The summed E-state index contributed by atoms with van der Waals surface area (Å²) in [4.78, 5) is 39.2. The standard InChI is InChI=1S/C25H34FN3O2.C13H19FN2.C12H18N2O2.C11H17NO.CH4N2O.I10.HI/c1-19(2)18-31-24-10-6-20(7-11-24)16-27-25(30)29(23-12-14-28(3)15-13-23)17-21-4-8-22(26)9-5-21;1-16-8-6-13(7-9-16)15-10-11-2-4-12(14)5-3-11;1-9(2)8-16-11-5-3-10(4-6-11)7-14-12(13)15;1-9(2)8-13-11-5-3-10(7-12)4-6-11;2-1(3)4;1-7(2)9(5)10(6)8(3)4;/h4-11,19,23H,12-18H2,1-3H3,(H,27,30);2-5,13,15H,6-10H2,1H3;3-6,9H,7-8H2,1-2H3,(H3,13,14,15);3-6,9H,7-8,12H2,1-2H3;(H4,2,3,4);;1H. The van der Waals surface area contributed by atoms with Crippen molar-refractivity contribution in [1.82, 2.24) is 30.7 Å². The monoisotopic (exact) mass is 2510 g/mol. The maximum Gasteiger partial charge on any atom is 0.309 e. The van der Waals surface area contributed by atoms with Gasteiger partial charge in [-0.2, -0.15) is 0 Å². The number of piperidine rings is 2. The van der Waals surface area contributed by atoms with Crippen LogP contribution in [0.4, 0.5) is 23.2 Å². The molecule has 0 saturated carbocycles. The Kier molecular flexibility index (Phi) is 52.4. The molecule has 2 aliphatic heterocycles. The van der Waals surface area contributed by atoms with Crippen LogP contribution in [0.3, 0.4) is 0 Å². The van der Waals surface area contributed by atoms with Gasteiger partial charge < -0.3 is 67.8 Å². The van der Waals surface area contributed by atoms with Crippen molar-refractivity contribution in [2.24, 2.45) is 40.7 Å². The number of hydrogen-bond donors (Lipinski definition) is 7. The molecule has 16 nitrogen and oxygen atoms in total. The smallest absolute Gasteiger partial charge is 0.309 e. The van der Waals surface area contributed by atoms with Crippen molar-refractivity contribution in [1.29, 1.82) is 0 Å². The van der Waals surface area contributed by atoms with Gasteiger partial charge in [-0.05, 0) is 172 Å². The van der Waals surface area contributed by atoms with E-state index in [0.717, 1.165) is 84.1 Å². The Morgan fingerprint density at radius 3 is 1.19 bits per heavy atom. The van der Waals surface area contributed by atoms with Crippen molar-refractivity contribution < 1.29 is 37.4 Å². The molecule has 91 heavy (non-hydrogen) atoms. The number of primary amides is 3. The summed E-state index contributed by atoms with van der Waals surface area (Å²) >= 11 is 16.9. The van der Waals surface area contributed by atoms with E-state index in [1.165, 1.54) is 50.2 Å². The minimum atomic E-state index is -0.833. The van der Waals surface area contributed by atoms with Crippen LogP contribution in [0.5, 0.6) is 17.2 Å². The SMILES string of the molecule is CC(C)COc1ccc(CN)cc1.CC(C)COc1ccc(CNC(=O)N(Cc2ccc(F)cc2)C2CCN(C)CC2)cc1.CC(C)COc1ccc(CNC(N)=O)cc1.CN1CCC(NCc2ccc(F)cc2)CC1.I.II(I)I(I)I(I)I(I)I.NC(N)=O. The molecule has 518 valence electrons. The molecule has 0 atom stereocenters. The molecule has 2 fully saturated rings. The van der Waals surface area contributed by atoms with Crippen LogP contribution in [0, 0.1) is 29.4 Å². The summed E-state index contributed by atoms with van der Waals surface area (Å²) in [6.07, 6.45) is 4.29. The molecule has 5 aromatic rings. The molecular formula is C62H93F2I11N10O6.